The van der Waals surface area contributed by atoms with Crippen molar-refractivity contribution < 1.29 is 31.1 Å². The number of aromatic nitrogens is 2. The Kier molecular flexibility index (Phi) is 8.74. The lowest BCUT2D eigenvalue weighted by Gasteiger charge is -2.08. The molecular formula is C30H30BrN3O2. The van der Waals surface area contributed by atoms with E-state index in [9.17, 15) is 4.79 Å². The summed E-state index contributed by atoms with van der Waals surface area (Å²) in [5.41, 5.74) is 4.23. The molecule has 2 N–H and O–H groups in total. The number of hydrogen-bond donors (Lipinski definition) is 2. The van der Waals surface area contributed by atoms with Crippen LogP contribution in [0.2, 0.25) is 0 Å². The summed E-state index contributed by atoms with van der Waals surface area (Å²) in [5.74, 6) is 0.724. The topological polar surface area (TPSA) is 58.0 Å². The Labute approximate surface area is 221 Å². The third-order valence-corrected chi connectivity index (χ3v) is 6.32. The number of aromatic amines is 1. The first-order valence-electron chi connectivity index (χ1n) is 12.2. The molecule has 0 unspecified atom stereocenters. The van der Waals surface area contributed by atoms with E-state index >= 15 is 0 Å². The molecule has 0 atom stereocenters. The molecule has 5 aromatic rings. The Hall–Kier alpha value is -3.64. The molecule has 5 rings (SSSR count). The van der Waals surface area contributed by atoms with E-state index in [2.05, 4.69) is 69.6 Å². The maximum atomic E-state index is 12.5. The number of carbonyl (C=O) groups excluding carboxylic acids is 1. The van der Waals surface area contributed by atoms with E-state index in [-0.39, 0.29) is 22.9 Å². The van der Waals surface area contributed by atoms with Gasteiger partial charge in [0.15, 0.2) is 6.20 Å². The summed E-state index contributed by atoms with van der Waals surface area (Å²) < 4.78 is 8.19. The third kappa shape index (κ3) is 6.13. The molecular weight excluding hydrogens is 514 g/mol. The van der Waals surface area contributed by atoms with Gasteiger partial charge in [-0.05, 0) is 60.9 Å². The van der Waals surface area contributed by atoms with E-state index in [1.165, 1.54) is 21.9 Å². The van der Waals surface area contributed by atoms with Gasteiger partial charge in [-0.25, -0.2) is 0 Å². The van der Waals surface area contributed by atoms with Crippen LogP contribution in [0.5, 0.6) is 5.75 Å². The lowest BCUT2D eigenvalue weighted by molar-refractivity contribution is -0.671. The quantitative estimate of drug-likeness (QED) is 0.210. The van der Waals surface area contributed by atoms with Gasteiger partial charge in [0.2, 0.25) is 5.52 Å². The van der Waals surface area contributed by atoms with Gasteiger partial charge in [0.05, 0.1) is 6.61 Å². The summed E-state index contributed by atoms with van der Waals surface area (Å²) in [5, 5.41) is 5.48. The number of halogens is 1. The molecule has 0 aliphatic rings. The summed E-state index contributed by atoms with van der Waals surface area (Å²) in [7, 11) is 0. The normalized spacial score (nSPS) is 10.8. The lowest BCUT2D eigenvalue weighted by Crippen LogP contribution is -3.00. The summed E-state index contributed by atoms with van der Waals surface area (Å²) in [6.07, 6.45) is 6.94. The standard InChI is InChI=1S/C30H29N3O2.BrH/c34-30(31-18-17-25-22-32-28-11-3-2-10-27(25)28)24-13-15-26(16-14-24)35-21-6-5-19-33-20-7-9-23-8-1-4-12-29(23)33;/h1-4,7-16,20,22,32H,5-6,17-19,21H2;1H. The summed E-state index contributed by atoms with van der Waals surface area (Å²) >= 11 is 0. The number of carbonyl (C=O) groups is 1. The van der Waals surface area contributed by atoms with Crippen LogP contribution in [-0.2, 0) is 13.0 Å². The molecule has 0 spiro atoms. The zero-order valence-electron chi connectivity index (χ0n) is 20.1. The van der Waals surface area contributed by atoms with Crippen LogP contribution in [0.15, 0.2) is 97.3 Å². The number of nitrogens with one attached hydrogen (secondary N) is 2. The van der Waals surface area contributed by atoms with Crippen molar-refractivity contribution in [1.82, 2.24) is 10.3 Å². The summed E-state index contributed by atoms with van der Waals surface area (Å²) in [6, 6.07) is 28.3. The van der Waals surface area contributed by atoms with Gasteiger partial charge < -0.3 is 32.0 Å². The van der Waals surface area contributed by atoms with E-state index in [1.54, 1.807) is 0 Å². The number of H-pyrrole nitrogens is 1. The fraction of sp³-hybridized carbons (Fsp3) is 0.200. The Morgan fingerprint density at radius 1 is 0.889 bits per heavy atom. The molecule has 184 valence electrons. The molecule has 0 bridgehead atoms. The minimum Gasteiger partial charge on any atom is -1.00 e. The van der Waals surface area contributed by atoms with E-state index in [4.69, 9.17) is 4.74 Å². The van der Waals surface area contributed by atoms with Crippen LogP contribution in [0.4, 0.5) is 0 Å². The molecule has 0 saturated carbocycles. The predicted octanol–water partition coefficient (Wildman–Crippen LogP) is 2.44. The molecule has 36 heavy (non-hydrogen) atoms. The summed E-state index contributed by atoms with van der Waals surface area (Å²) in [6.45, 7) is 2.21. The predicted molar refractivity (Wildman–Crippen MR) is 140 cm³/mol. The zero-order valence-corrected chi connectivity index (χ0v) is 21.7. The van der Waals surface area contributed by atoms with Gasteiger partial charge in [-0.2, -0.15) is 4.57 Å². The molecule has 0 aliphatic heterocycles. The van der Waals surface area contributed by atoms with Crippen LogP contribution in [0, 0.1) is 0 Å². The molecule has 0 aliphatic carbocycles. The van der Waals surface area contributed by atoms with Crippen LogP contribution in [0.3, 0.4) is 0 Å². The second-order valence-electron chi connectivity index (χ2n) is 8.71. The van der Waals surface area contributed by atoms with Crippen LogP contribution >= 0.6 is 0 Å². The number of benzene rings is 3. The van der Waals surface area contributed by atoms with Crippen LogP contribution in [0.25, 0.3) is 21.8 Å². The molecule has 1 amide bonds. The number of nitrogens with zero attached hydrogens (tertiary/aromatic N) is 1. The SMILES string of the molecule is O=C(NCCc1c[nH]c2ccccc12)c1ccc(OCCCC[n+]2cccc3ccccc32)cc1.[Br-]. The molecule has 2 heterocycles. The molecule has 0 fully saturated rings. The first kappa shape index (κ1) is 25.5. The van der Waals surface area contributed by atoms with Crippen molar-refractivity contribution in [3.05, 3.63) is 108 Å². The van der Waals surface area contributed by atoms with Crippen molar-refractivity contribution in [2.24, 2.45) is 0 Å². The number of aryl methyl sites for hydroxylation is 1. The zero-order chi connectivity index (χ0) is 23.9. The number of unbranched alkanes of at least 4 members (excludes halogenated alkanes) is 1. The fourth-order valence-corrected chi connectivity index (χ4v) is 4.44. The van der Waals surface area contributed by atoms with Crippen molar-refractivity contribution in [2.45, 2.75) is 25.8 Å². The first-order chi connectivity index (χ1) is 17.3. The van der Waals surface area contributed by atoms with Gasteiger partial charge >= 0.3 is 0 Å². The number of fused-ring (bicyclic) bond motifs is 2. The second-order valence-corrected chi connectivity index (χ2v) is 8.71. The number of para-hydroxylation sites is 2. The number of hydrogen-bond acceptors (Lipinski definition) is 2. The van der Waals surface area contributed by atoms with Crippen LogP contribution in [0.1, 0.15) is 28.8 Å². The van der Waals surface area contributed by atoms with E-state index in [0.717, 1.165) is 37.1 Å². The highest BCUT2D eigenvalue weighted by molar-refractivity contribution is 5.94. The Bertz CT molecular complexity index is 1420. The van der Waals surface area contributed by atoms with E-state index in [0.29, 0.717) is 18.7 Å². The Morgan fingerprint density at radius 2 is 1.67 bits per heavy atom. The van der Waals surface area contributed by atoms with Crippen molar-refractivity contribution in [3.63, 3.8) is 0 Å². The van der Waals surface area contributed by atoms with Gasteiger partial charge in [0, 0.05) is 53.1 Å². The second kappa shape index (κ2) is 12.4. The van der Waals surface area contributed by atoms with Gasteiger partial charge in [0.1, 0.15) is 12.3 Å². The molecule has 6 heteroatoms. The average molecular weight is 544 g/mol. The number of pyridine rings is 1. The monoisotopic (exact) mass is 543 g/mol. The van der Waals surface area contributed by atoms with Crippen molar-refractivity contribution >= 4 is 27.7 Å². The highest BCUT2D eigenvalue weighted by atomic mass is 79.9. The van der Waals surface area contributed by atoms with Gasteiger partial charge in [-0.3, -0.25) is 4.79 Å². The average Bonchev–Trinajstić information content (AvgIpc) is 3.32. The van der Waals surface area contributed by atoms with Crippen LogP contribution < -0.4 is 31.6 Å². The van der Waals surface area contributed by atoms with Crippen LogP contribution in [-0.4, -0.2) is 24.0 Å². The minimum atomic E-state index is -0.0662. The highest BCUT2D eigenvalue weighted by Gasteiger charge is 2.09. The van der Waals surface area contributed by atoms with Crippen molar-refractivity contribution in [3.8, 4) is 5.75 Å². The maximum Gasteiger partial charge on any atom is 0.251 e. The number of rotatable bonds is 10. The Morgan fingerprint density at radius 3 is 2.56 bits per heavy atom. The van der Waals surface area contributed by atoms with Crippen molar-refractivity contribution in [2.75, 3.05) is 13.2 Å². The van der Waals surface area contributed by atoms with Crippen molar-refractivity contribution in [1.29, 1.82) is 0 Å². The minimum absolute atomic E-state index is 0. The fourth-order valence-electron chi connectivity index (χ4n) is 4.44. The Balaban J connectivity index is 0.00000304. The first-order valence-corrected chi connectivity index (χ1v) is 12.2. The van der Waals surface area contributed by atoms with Gasteiger partial charge in [0.25, 0.3) is 5.91 Å². The highest BCUT2D eigenvalue weighted by Crippen LogP contribution is 2.18. The molecule has 3 aromatic carbocycles. The maximum absolute atomic E-state index is 12.5. The number of amides is 1. The summed E-state index contributed by atoms with van der Waals surface area (Å²) in [4.78, 5) is 15.8. The lowest BCUT2D eigenvalue weighted by atomic mass is 10.1. The van der Waals surface area contributed by atoms with E-state index in [1.807, 2.05) is 42.6 Å². The largest absolute Gasteiger partial charge is 1.00 e. The smallest absolute Gasteiger partial charge is 0.251 e. The van der Waals surface area contributed by atoms with Gasteiger partial charge in [-0.1, -0.05) is 30.3 Å². The van der Waals surface area contributed by atoms with E-state index < -0.39 is 0 Å². The molecule has 2 aromatic heterocycles. The molecule has 0 saturated heterocycles. The molecule has 0 radical (unpaired) electrons. The van der Waals surface area contributed by atoms with Gasteiger partial charge in [-0.15, -0.1) is 0 Å². The number of ether oxygens (including phenoxy) is 1. The third-order valence-electron chi connectivity index (χ3n) is 6.32. The molecule has 5 nitrogen and oxygen atoms in total.